The van der Waals surface area contributed by atoms with E-state index in [-0.39, 0.29) is 0 Å². The second-order valence-electron chi connectivity index (χ2n) is 4.02. The quantitative estimate of drug-likeness (QED) is 0.774. The van der Waals surface area contributed by atoms with Gasteiger partial charge in [0.15, 0.2) is 0 Å². The summed E-state index contributed by atoms with van der Waals surface area (Å²) >= 11 is 18.3. The van der Waals surface area contributed by atoms with Crippen LogP contribution in [0.15, 0.2) is 23.2 Å². The molecule has 1 aromatic rings. The number of halogens is 3. The fourth-order valence-corrected chi connectivity index (χ4v) is 2.42. The van der Waals surface area contributed by atoms with E-state index in [1.54, 1.807) is 18.3 Å². The number of hydrogen-bond donors (Lipinski definition) is 0. The first-order valence-electron chi connectivity index (χ1n) is 5.30. The van der Waals surface area contributed by atoms with Gasteiger partial charge in [0, 0.05) is 30.9 Å². The Morgan fingerprint density at radius 3 is 2.61 bits per heavy atom. The average molecular weight is 305 g/mol. The number of nitrogens with zero attached hydrogens (tertiary/aromatic N) is 3. The molecular formula is C12H12Cl3N3. The van der Waals surface area contributed by atoms with Gasteiger partial charge in [0.05, 0.1) is 15.7 Å². The molecular weight excluding hydrogens is 293 g/mol. The van der Waals surface area contributed by atoms with Crippen LogP contribution in [0.3, 0.4) is 0 Å². The second kappa shape index (κ2) is 5.49. The van der Waals surface area contributed by atoms with Crippen molar-refractivity contribution in [2.24, 2.45) is 4.99 Å². The van der Waals surface area contributed by atoms with E-state index in [0.717, 1.165) is 11.3 Å². The Morgan fingerprint density at radius 1 is 1.22 bits per heavy atom. The van der Waals surface area contributed by atoms with Crippen molar-refractivity contribution in [3.63, 3.8) is 0 Å². The molecule has 0 spiro atoms. The summed E-state index contributed by atoms with van der Waals surface area (Å²) in [5.74, 6) is 0. The molecule has 18 heavy (non-hydrogen) atoms. The van der Waals surface area contributed by atoms with E-state index < -0.39 is 0 Å². The highest BCUT2D eigenvalue weighted by molar-refractivity contribution is 6.44. The van der Waals surface area contributed by atoms with Gasteiger partial charge in [-0.3, -0.25) is 10.0 Å². The van der Waals surface area contributed by atoms with Crippen molar-refractivity contribution in [1.82, 2.24) is 10.0 Å². The highest BCUT2D eigenvalue weighted by atomic mass is 35.5. The fraction of sp³-hybridized carbons (Fsp3) is 0.250. The van der Waals surface area contributed by atoms with Gasteiger partial charge in [-0.05, 0) is 18.2 Å². The molecule has 1 heterocycles. The number of hydrazine groups is 1. The first kappa shape index (κ1) is 13.7. The molecule has 0 radical (unpaired) electrons. The van der Waals surface area contributed by atoms with Crippen LogP contribution in [-0.2, 0) is 0 Å². The summed E-state index contributed by atoms with van der Waals surface area (Å²) in [6.45, 7) is 0.541. The summed E-state index contributed by atoms with van der Waals surface area (Å²) in [5.41, 5.74) is 1.72. The van der Waals surface area contributed by atoms with Gasteiger partial charge in [-0.2, -0.15) is 0 Å². The molecule has 0 bridgehead atoms. The van der Waals surface area contributed by atoms with E-state index in [0.29, 0.717) is 21.7 Å². The molecule has 0 amide bonds. The Kier molecular flexibility index (Phi) is 4.17. The molecule has 0 fully saturated rings. The summed E-state index contributed by atoms with van der Waals surface area (Å²) < 4.78 is 0. The SMILES string of the molecule is CN(C)N1CN=CC=C1c1cc(Cl)cc(Cl)c1Cl. The lowest BCUT2D eigenvalue weighted by atomic mass is 10.1. The largest absolute Gasteiger partial charge is 0.284 e. The van der Waals surface area contributed by atoms with Crippen molar-refractivity contribution in [3.8, 4) is 0 Å². The zero-order valence-electron chi connectivity index (χ0n) is 9.99. The first-order chi connectivity index (χ1) is 8.50. The van der Waals surface area contributed by atoms with Crippen LogP contribution < -0.4 is 0 Å². The van der Waals surface area contributed by atoms with Gasteiger partial charge >= 0.3 is 0 Å². The van der Waals surface area contributed by atoms with Crippen molar-refractivity contribution in [2.75, 3.05) is 20.8 Å². The standard InChI is InChI=1S/C12H12Cl3N3/c1-17(2)18-7-16-4-3-11(18)9-5-8(13)6-10(14)12(9)15/h3-6H,7H2,1-2H3. The Hall–Kier alpha value is -0.740. The summed E-state index contributed by atoms with van der Waals surface area (Å²) in [6.07, 6.45) is 3.64. The average Bonchev–Trinajstić information content (AvgIpc) is 2.33. The Morgan fingerprint density at radius 2 is 1.94 bits per heavy atom. The van der Waals surface area contributed by atoms with E-state index in [9.17, 15) is 0 Å². The number of hydrogen-bond acceptors (Lipinski definition) is 3. The van der Waals surface area contributed by atoms with Crippen LogP contribution in [0.2, 0.25) is 15.1 Å². The second-order valence-corrected chi connectivity index (χ2v) is 5.24. The van der Waals surface area contributed by atoms with Crippen molar-refractivity contribution in [2.45, 2.75) is 0 Å². The molecule has 0 saturated carbocycles. The maximum atomic E-state index is 6.25. The maximum absolute atomic E-state index is 6.25. The van der Waals surface area contributed by atoms with Crippen LogP contribution in [0.5, 0.6) is 0 Å². The number of aliphatic imine (C=N–C) groups is 1. The Bertz CT molecular complexity index is 524. The molecule has 3 nitrogen and oxygen atoms in total. The van der Waals surface area contributed by atoms with Gasteiger partial charge in [0.25, 0.3) is 0 Å². The molecule has 0 atom stereocenters. The summed E-state index contributed by atoms with van der Waals surface area (Å²) in [5, 5.41) is 5.42. The van der Waals surface area contributed by atoms with Gasteiger partial charge in [0.2, 0.25) is 0 Å². The lowest BCUT2D eigenvalue weighted by Crippen LogP contribution is -2.37. The van der Waals surface area contributed by atoms with E-state index in [1.807, 2.05) is 30.2 Å². The van der Waals surface area contributed by atoms with Crippen LogP contribution in [0.4, 0.5) is 0 Å². The maximum Gasteiger partial charge on any atom is 0.125 e. The van der Waals surface area contributed by atoms with Crippen LogP contribution in [0, 0.1) is 0 Å². The third-order valence-corrected chi connectivity index (χ3v) is 3.60. The third kappa shape index (κ3) is 2.64. The number of benzene rings is 1. The van der Waals surface area contributed by atoms with Crippen molar-refractivity contribution in [1.29, 1.82) is 0 Å². The molecule has 0 N–H and O–H groups in total. The summed E-state index contributed by atoms with van der Waals surface area (Å²) in [6, 6.07) is 3.43. The van der Waals surface area contributed by atoms with E-state index >= 15 is 0 Å². The van der Waals surface area contributed by atoms with Crippen LogP contribution in [-0.4, -0.2) is 37.0 Å². The normalized spacial score (nSPS) is 15.2. The smallest absolute Gasteiger partial charge is 0.125 e. The van der Waals surface area contributed by atoms with E-state index in [2.05, 4.69) is 4.99 Å². The third-order valence-electron chi connectivity index (χ3n) is 2.58. The zero-order chi connectivity index (χ0) is 13.3. The predicted molar refractivity (Wildman–Crippen MR) is 78.3 cm³/mol. The molecule has 0 unspecified atom stereocenters. The first-order valence-corrected chi connectivity index (χ1v) is 6.44. The summed E-state index contributed by atoms with van der Waals surface area (Å²) in [7, 11) is 3.88. The van der Waals surface area contributed by atoms with Crippen LogP contribution in [0.1, 0.15) is 5.56 Å². The molecule has 6 heteroatoms. The molecule has 0 aromatic heterocycles. The topological polar surface area (TPSA) is 18.8 Å². The van der Waals surface area contributed by atoms with Crippen LogP contribution >= 0.6 is 34.8 Å². The number of rotatable bonds is 2. The van der Waals surface area contributed by atoms with E-state index in [1.165, 1.54) is 0 Å². The molecule has 1 aromatic carbocycles. The minimum absolute atomic E-state index is 0.446. The predicted octanol–water partition coefficient (Wildman–Crippen LogP) is 3.81. The molecule has 1 aliphatic rings. The minimum atomic E-state index is 0.446. The van der Waals surface area contributed by atoms with Crippen molar-refractivity contribution in [3.05, 3.63) is 38.8 Å². The fourth-order valence-electron chi connectivity index (χ4n) is 1.72. The molecule has 2 rings (SSSR count). The molecule has 0 saturated heterocycles. The van der Waals surface area contributed by atoms with Gasteiger partial charge in [-0.15, -0.1) is 0 Å². The molecule has 1 aliphatic heterocycles. The molecule has 96 valence electrons. The highest BCUT2D eigenvalue weighted by Crippen LogP contribution is 2.35. The monoisotopic (exact) mass is 303 g/mol. The lowest BCUT2D eigenvalue weighted by Gasteiger charge is -2.33. The van der Waals surface area contributed by atoms with Crippen LogP contribution in [0.25, 0.3) is 5.70 Å². The Labute approximate surface area is 121 Å². The Balaban J connectivity index is 2.53. The molecule has 0 aliphatic carbocycles. The summed E-state index contributed by atoms with van der Waals surface area (Å²) in [4.78, 5) is 4.20. The minimum Gasteiger partial charge on any atom is -0.284 e. The zero-order valence-corrected chi connectivity index (χ0v) is 12.3. The number of allylic oxidation sites excluding steroid dienone is 1. The van der Waals surface area contributed by atoms with Gasteiger partial charge < -0.3 is 0 Å². The van der Waals surface area contributed by atoms with Gasteiger partial charge in [0.1, 0.15) is 6.67 Å². The van der Waals surface area contributed by atoms with Crippen molar-refractivity contribution >= 4 is 46.7 Å². The van der Waals surface area contributed by atoms with Crippen molar-refractivity contribution < 1.29 is 0 Å². The van der Waals surface area contributed by atoms with Gasteiger partial charge in [-0.1, -0.05) is 34.8 Å². The highest BCUT2D eigenvalue weighted by Gasteiger charge is 2.19. The van der Waals surface area contributed by atoms with E-state index in [4.69, 9.17) is 34.8 Å². The van der Waals surface area contributed by atoms with Gasteiger partial charge in [-0.25, -0.2) is 5.01 Å². The lowest BCUT2D eigenvalue weighted by molar-refractivity contribution is 0.0999.